The highest BCUT2D eigenvalue weighted by molar-refractivity contribution is 14.0. The Labute approximate surface area is 190 Å². The van der Waals surface area contributed by atoms with Crippen molar-refractivity contribution in [1.82, 2.24) is 15.6 Å². The number of anilines is 2. The molecule has 3 N–H and O–H groups in total. The normalized spacial score (nSPS) is 16.3. The van der Waals surface area contributed by atoms with Gasteiger partial charge in [-0.1, -0.05) is 12.1 Å². The number of halogens is 2. The lowest BCUT2D eigenvalue weighted by Crippen LogP contribution is -2.46. The van der Waals surface area contributed by atoms with Gasteiger partial charge in [0.05, 0.1) is 24.1 Å². The first-order chi connectivity index (χ1) is 13.2. The van der Waals surface area contributed by atoms with E-state index in [1.54, 1.807) is 31.6 Å². The van der Waals surface area contributed by atoms with Gasteiger partial charge >= 0.3 is 0 Å². The second-order valence-corrected chi connectivity index (χ2v) is 7.10. The van der Waals surface area contributed by atoms with Gasteiger partial charge < -0.3 is 20.9 Å². The minimum absolute atomic E-state index is 0. The monoisotopic (exact) mass is 558 g/mol. The molecule has 0 saturated carbocycles. The number of hydrogen-bond acceptors (Lipinski definition) is 4. The zero-order valence-corrected chi connectivity index (χ0v) is 19.5. The molecular weight excluding hydrogens is 535 g/mol. The Morgan fingerprint density at radius 3 is 2.86 bits per heavy atom. The molecule has 2 heterocycles. The molecule has 9 heteroatoms. The molecule has 1 aromatic carbocycles. The van der Waals surface area contributed by atoms with E-state index < -0.39 is 0 Å². The maximum atomic E-state index is 12.0. The van der Waals surface area contributed by atoms with Crippen LogP contribution in [0.2, 0.25) is 0 Å². The lowest BCUT2D eigenvalue weighted by Gasteiger charge is -2.21. The van der Waals surface area contributed by atoms with Crippen molar-refractivity contribution < 1.29 is 4.79 Å². The SMILES string of the molecule is CN=C(NCC(=O)Nc1cccnc1)NC1CCN(c2ccccc2Br)C1.I. The summed E-state index contributed by atoms with van der Waals surface area (Å²) in [5.41, 5.74) is 1.87. The average molecular weight is 559 g/mol. The van der Waals surface area contributed by atoms with Crippen LogP contribution in [0.25, 0.3) is 0 Å². The van der Waals surface area contributed by atoms with Gasteiger partial charge in [-0.15, -0.1) is 24.0 Å². The van der Waals surface area contributed by atoms with Crippen molar-refractivity contribution in [2.24, 2.45) is 4.99 Å². The Bertz CT molecular complexity index is 804. The van der Waals surface area contributed by atoms with E-state index in [9.17, 15) is 4.79 Å². The fourth-order valence-electron chi connectivity index (χ4n) is 3.00. The van der Waals surface area contributed by atoms with Crippen molar-refractivity contribution in [2.45, 2.75) is 12.5 Å². The van der Waals surface area contributed by atoms with Gasteiger partial charge in [0, 0.05) is 36.8 Å². The molecule has 0 bridgehead atoms. The van der Waals surface area contributed by atoms with Crippen molar-refractivity contribution in [3.05, 3.63) is 53.3 Å². The Kier molecular flexibility index (Phi) is 8.97. The summed E-state index contributed by atoms with van der Waals surface area (Å²) in [7, 11) is 1.70. The van der Waals surface area contributed by atoms with Crippen molar-refractivity contribution in [1.29, 1.82) is 0 Å². The van der Waals surface area contributed by atoms with Crippen LogP contribution < -0.4 is 20.9 Å². The number of nitrogens with zero attached hydrogens (tertiary/aromatic N) is 3. The molecule has 1 aliphatic heterocycles. The average Bonchev–Trinajstić information content (AvgIpc) is 3.14. The highest BCUT2D eigenvalue weighted by Gasteiger charge is 2.24. The fraction of sp³-hybridized carbons (Fsp3) is 0.316. The van der Waals surface area contributed by atoms with Gasteiger partial charge in [0.2, 0.25) is 5.91 Å². The molecule has 0 radical (unpaired) electrons. The number of aliphatic imine (C=N–C) groups is 1. The van der Waals surface area contributed by atoms with Crippen molar-refractivity contribution in [2.75, 3.05) is 36.9 Å². The number of guanidine groups is 1. The summed E-state index contributed by atoms with van der Waals surface area (Å²) < 4.78 is 1.10. The first kappa shape index (κ1) is 22.4. The lowest BCUT2D eigenvalue weighted by molar-refractivity contribution is -0.115. The fourth-order valence-corrected chi connectivity index (χ4v) is 3.53. The molecule has 1 saturated heterocycles. The molecule has 1 fully saturated rings. The standard InChI is InChI=1S/C19H23BrN6O.HI/c1-21-19(23-12-18(27)24-14-5-4-9-22-11-14)25-15-8-10-26(13-15)17-7-3-2-6-16(17)20;/h2-7,9,11,15H,8,10,12-13H2,1H3,(H,24,27)(H2,21,23,25);1H. The molecule has 1 unspecified atom stereocenters. The summed E-state index contributed by atoms with van der Waals surface area (Å²) in [6.07, 6.45) is 4.28. The molecule has 0 aliphatic carbocycles. The van der Waals surface area contributed by atoms with E-state index in [0.29, 0.717) is 11.6 Å². The van der Waals surface area contributed by atoms with E-state index in [2.05, 4.69) is 58.9 Å². The zero-order valence-electron chi connectivity index (χ0n) is 15.6. The number of hydrogen-bond donors (Lipinski definition) is 3. The van der Waals surface area contributed by atoms with Crippen LogP contribution in [0.3, 0.4) is 0 Å². The van der Waals surface area contributed by atoms with Crippen LogP contribution in [0.1, 0.15) is 6.42 Å². The number of para-hydroxylation sites is 1. The third-order valence-electron chi connectivity index (χ3n) is 4.31. The smallest absolute Gasteiger partial charge is 0.243 e. The minimum atomic E-state index is -0.146. The first-order valence-corrected chi connectivity index (χ1v) is 9.61. The number of benzene rings is 1. The second kappa shape index (κ2) is 11.2. The van der Waals surface area contributed by atoms with Gasteiger partial charge in [-0.25, -0.2) is 0 Å². The van der Waals surface area contributed by atoms with E-state index in [1.165, 1.54) is 5.69 Å². The number of carbonyl (C=O) groups is 1. The summed E-state index contributed by atoms with van der Waals surface area (Å²) in [4.78, 5) is 22.6. The molecule has 28 heavy (non-hydrogen) atoms. The quantitative estimate of drug-likeness (QED) is 0.299. The van der Waals surface area contributed by atoms with Crippen LogP contribution in [0.5, 0.6) is 0 Å². The topological polar surface area (TPSA) is 81.6 Å². The third-order valence-corrected chi connectivity index (χ3v) is 4.98. The molecule has 3 rings (SSSR count). The molecule has 1 atom stereocenters. The van der Waals surface area contributed by atoms with Gasteiger partial charge in [0.25, 0.3) is 0 Å². The largest absolute Gasteiger partial charge is 0.368 e. The molecule has 7 nitrogen and oxygen atoms in total. The van der Waals surface area contributed by atoms with Crippen LogP contribution >= 0.6 is 39.9 Å². The van der Waals surface area contributed by atoms with Crippen LogP contribution in [0, 0.1) is 0 Å². The van der Waals surface area contributed by atoms with Crippen LogP contribution in [0.15, 0.2) is 58.3 Å². The summed E-state index contributed by atoms with van der Waals surface area (Å²) >= 11 is 3.61. The molecule has 0 spiro atoms. The molecule has 150 valence electrons. The van der Waals surface area contributed by atoms with Gasteiger partial charge in [0.15, 0.2) is 5.96 Å². The van der Waals surface area contributed by atoms with Gasteiger partial charge in [-0.2, -0.15) is 0 Å². The highest BCUT2D eigenvalue weighted by atomic mass is 127. The third kappa shape index (κ3) is 6.33. The number of amides is 1. The zero-order chi connectivity index (χ0) is 19.1. The summed E-state index contributed by atoms with van der Waals surface area (Å²) in [6, 6.07) is 12.1. The summed E-state index contributed by atoms with van der Waals surface area (Å²) in [5, 5.41) is 9.24. The summed E-state index contributed by atoms with van der Waals surface area (Å²) in [6.45, 7) is 1.99. The first-order valence-electron chi connectivity index (χ1n) is 8.82. The van der Waals surface area contributed by atoms with Crippen molar-refractivity contribution in [3.8, 4) is 0 Å². The highest BCUT2D eigenvalue weighted by Crippen LogP contribution is 2.28. The summed E-state index contributed by atoms with van der Waals surface area (Å²) in [5.74, 6) is 0.475. The van der Waals surface area contributed by atoms with Gasteiger partial charge in [-0.05, 0) is 46.6 Å². The molecule has 2 aromatic rings. The Morgan fingerprint density at radius 2 is 2.14 bits per heavy atom. The maximum Gasteiger partial charge on any atom is 0.243 e. The van der Waals surface area contributed by atoms with Crippen molar-refractivity contribution in [3.63, 3.8) is 0 Å². The maximum absolute atomic E-state index is 12.0. The Morgan fingerprint density at radius 1 is 1.32 bits per heavy atom. The predicted octanol–water partition coefficient (Wildman–Crippen LogP) is 2.84. The van der Waals surface area contributed by atoms with Crippen LogP contribution in [-0.2, 0) is 4.79 Å². The lowest BCUT2D eigenvalue weighted by atomic mass is 10.3. The van der Waals surface area contributed by atoms with Crippen LogP contribution in [0.4, 0.5) is 11.4 Å². The number of rotatable bonds is 5. The number of nitrogens with one attached hydrogen (secondary N) is 3. The van der Waals surface area contributed by atoms with Crippen molar-refractivity contribution >= 4 is 63.1 Å². The van der Waals surface area contributed by atoms with E-state index in [1.807, 2.05) is 12.1 Å². The van der Waals surface area contributed by atoms with Gasteiger partial charge in [0.1, 0.15) is 0 Å². The molecule has 1 amide bonds. The molecule has 1 aliphatic rings. The predicted molar refractivity (Wildman–Crippen MR) is 128 cm³/mol. The van der Waals surface area contributed by atoms with E-state index in [4.69, 9.17) is 0 Å². The number of aromatic nitrogens is 1. The Hall–Kier alpha value is -1.88. The number of pyridine rings is 1. The molecule has 1 aromatic heterocycles. The minimum Gasteiger partial charge on any atom is -0.368 e. The van der Waals surface area contributed by atoms with Crippen LogP contribution in [-0.4, -0.2) is 49.6 Å². The second-order valence-electron chi connectivity index (χ2n) is 6.24. The van der Waals surface area contributed by atoms with Gasteiger partial charge in [-0.3, -0.25) is 14.8 Å². The van der Waals surface area contributed by atoms with E-state index in [0.717, 1.165) is 24.0 Å². The molecular formula is C19H24BrIN6O. The van der Waals surface area contributed by atoms with E-state index in [-0.39, 0.29) is 42.5 Å². The Balaban J connectivity index is 0.00000280. The van der Waals surface area contributed by atoms with E-state index >= 15 is 0 Å². The number of carbonyl (C=O) groups excluding carboxylic acids is 1.